The number of ketones is 1. The number of ether oxygens (including phenoxy) is 2. The maximum absolute atomic E-state index is 12.2. The average molecular weight is 524 g/mol. The van der Waals surface area contributed by atoms with E-state index in [1.807, 2.05) is 32.0 Å². The van der Waals surface area contributed by atoms with Crippen LogP contribution in [0.4, 0.5) is 5.69 Å². The Morgan fingerprint density at radius 3 is 2.18 bits per heavy atom. The molecule has 0 aliphatic rings. The summed E-state index contributed by atoms with van der Waals surface area (Å²) >= 11 is 3.30. The zero-order chi connectivity index (χ0) is 24.5. The maximum Gasteiger partial charge on any atom is 0.306 e. The van der Waals surface area contributed by atoms with Gasteiger partial charge in [0.05, 0.1) is 0 Å². The standard InChI is InChI=1S/C27H26BrNO5/c1-18-6-13-24(16-19(18)2)34-23-14-11-22(12-15-23)29-26(31)4-3-5-27(32)33-17-25(30)20-7-9-21(28)10-8-20/h6-16H,3-5,17H2,1-2H3,(H,29,31). The van der Waals surface area contributed by atoms with E-state index in [0.717, 1.165) is 15.8 Å². The fourth-order valence-electron chi connectivity index (χ4n) is 3.07. The van der Waals surface area contributed by atoms with Gasteiger partial charge in [0, 0.05) is 28.6 Å². The van der Waals surface area contributed by atoms with Gasteiger partial charge in [-0.25, -0.2) is 0 Å². The number of aryl methyl sites for hydroxylation is 2. The molecule has 0 saturated carbocycles. The highest BCUT2D eigenvalue weighted by Gasteiger charge is 2.11. The van der Waals surface area contributed by atoms with E-state index in [1.54, 1.807) is 48.5 Å². The van der Waals surface area contributed by atoms with Gasteiger partial charge in [0.15, 0.2) is 12.4 Å². The SMILES string of the molecule is Cc1ccc(Oc2ccc(NC(=O)CCCC(=O)OCC(=O)c3ccc(Br)cc3)cc2)cc1C. The Morgan fingerprint density at radius 2 is 1.50 bits per heavy atom. The van der Waals surface area contributed by atoms with Gasteiger partial charge in [-0.05, 0) is 79.9 Å². The number of hydrogen-bond acceptors (Lipinski definition) is 5. The summed E-state index contributed by atoms with van der Waals surface area (Å²) in [6.07, 6.45) is 0.547. The van der Waals surface area contributed by atoms with Gasteiger partial charge in [-0.15, -0.1) is 0 Å². The number of anilines is 1. The Hall–Kier alpha value is -3.45. The Balaban J connectivity index is 1.36. The predicted molar refractivity (Wildman–Crippen MR) is 134 cm³/mol. The number of hydrogen-bond donors (Lipinski definition) is 1. The van der Waals surface area contributed by atoms with Crippen molar-refractivity contribution in [3.8, 4) is 11.5 Å². The van der Waals surface area contributed by atoms with Crippen LogP contribution in [0.1, 0.15) is 40.7 Å². The predicted octanol–water partition coefficient (Wildman–Crippen LogP) is 6.39. The Kier molecular flexibility index (Phi) is 8.99. The average Bonchev–Trinajstić information content (AvgIpc) is 2.81. The van der Waals surface area contributed by atoms with Gasteiger partial charge in [0.2, 0.25) is 5.91 Å². The van der Waals surface area contributed by atoms with Crippen LogP contribution >= 0.6 is 15.9 Å². The van der Waals surface area contributed by atoms with Crippen molar-refractivity contribution in [2.75, 3.05) is 11.9 Å². The van der Waals surface area contributed by atoms with Crippen LogP contribution in [-0.2, 0) is 14.3 Å². The van der Waals surface area contributed by atoms with Gasteiger partial charge in [-0.2, -0.15) is 0 Å². The number of benzene rings is 3. The van der Waals surface area contributed by atoms with Crippen molar-refractivity contribution in [3.05, 3.63) is 87.9 Å². The van der Waals surface area contributed by atoms with Crippen LogP contribution in [0, 0.1) is 13.8 Å². The molecule has 6 nitrogen and oxygen atoms in total. The number of halogens is 1. The molecule has 0 unspecified atom stereocenters. The van der Waals surface area contributed by atoms with E-state index < -0.39 is 5.97 Å². The van der Waals surface area contributed by atoms with Crippen molar-refractivity contribution >= 4 is 39.3 Å². The molecule has 0 aliphatic heterocycles. The molecule has 0 spiro atoms. The van der Waals surface area contributed by atoms with Crippen molar-refractivity contribution in [1.29, 1.82) is 0 Å². The zero-order valence-electron chi connectivity index (χ0n) is 19.1. The van der Waals surface area contributed by atoms with Crippen LogP contribution in [0.3, 0.4) is 0 Å². The third kappa shape index (κ3) is 7.85. The molecule has 0 aliphatic carbocycles. The monoisotopic (exact) mass is 523 g/mol. The molecule has 3 aromatic rings. The molecule has 3 rings (SSSR count). The summed E-state index contributed by atoms with van der Waals surface area (Å²) < 4.78 is 11.7. The lowest BCUT2D eigenvalue weighted by Crippen LogP contribution is -2.15. The topological polar surface area (TPSA) is 81.7 Å². The minimum absolute atomic E-state index is 0.0593. The minimum atomic E-state index is -0.508. The van der Waals surface area contributed by atoms with Crippen molar-refractivity contribution in [3.63, 3.8) is 0 Å². The Bertz CT molecular complexity index is 1160. The molecule has 1 N–H and O–H groups in total. The first-order chi connectivity index (χ1) is 16.3. The first-order valence-corrected chi connectivity index (χ1v) is 11.7. The first kappa shape index (κ1) is 25.2. The number of carbonyl (C=O) groups is 3. The molecule has 0 heterocycles. The number of Topliss-reactive ketones (excluding diaryl/α,β-unsaturated/α-hetero) is 1. The third-order valence-corrected chi connectivity index (χ3v) is 5.70. The zero-order valence-corrected chi connectivity index (χ0v) is 20.7. The van der Waals surface area contributed by atoms with Gasteiger partial charge >= 0.3 is 5.97 Å². The fraction of sp³-hybridized carbons (Fsp3) is 0.222. The quantitative estimate of drug-likeness (QED) is 0.246. The molecule has 0 saturated heterocycles. The molecule has 1 amide bonds. The van der Waals surface area contributed by atoms with Crippen LogP contribution < -0.4 is 10.1 Å². The van der Waals surface area contributed by atoms with Crippen LogP contribution in [0.15, 0.2) is 71.2 Å². The van der Waals surface area contributed by atoms with Crippen molar-refractivity contribution in [1.82, 2.24) is 0 Å². The van der Waals surface area contributed by atoms with Crippen LogP contribution in [-0.4, -0.2) is 24.3 Å². The van der Waals surface area contributed by atoms with E-state index in [2.05, 4.69) is 21.2 Å². The number of esters is 1. The third-order valence-electron chi connectivity index (χ3n) is 5.17. The van der Waals surface area contributed by atoms with E-state index in [0.29, 0.717) is 23.4 Å². The summed E-state index contributed by atoms with van der Waals surface area (Å²) in [7, 11) is 0. The molecule has 0 aromatic heterocycles. The summed E-state index contributed by atoms with van der Waals surface area (Å²) in [5, 5.41) is 2.80. The first-order valence-electron chi connectivity index (χ1n) is 10.9. The van der Waals surface area contributed by atoms with Crippen molar-refractivity contribution < 1.29 is 23.9 Å². The highest BCUT2D eigenvalue weighted by Crippen LogP contribution is 2.25. The molecule has 0 bridgehead atoms. The molecule has 0 atom stereocenters. The summed E-state index contributed by atoms with van der Waals surface area (Å²) in [4.78, 5) is 36.1. The molecule has 7 heteroatoms. The van der Waals surface area contributed by atoms with Crippen LogP contribution in [0.2, 0.25) is 0 Å². The molecule has 3 aromatic carbocycles. The van der Waals surface area contributed by atoms with E-state index in [-0.39, 0.29) is 31.1 Å². The molecular formula is C27H26BrNO5. The Labute approximate surface area is 207 Å². The number of rotatable bonds is 10. The van der Waals surface area contributed by atoms with E-state index in [4.69, 9.17) is 9.47 Å². The summed E-state index contributed by atoms with van der Waals surface area (Å²) in [5.41, 5.74) is 3.47. The summed E-state index contributed by atoms with van der Waals surface area (Å²) in [6.45, 7) is 3.76. The van der Waals surface area contributed by atoms with Crippen molar-refractivity contribution in [2.45, 2.75) is 33.1 Å². The second kappa shape index (κ2) is 12.1. The Morgan fingerprint density at radius 1 is 0.824 bits per heavy atom. The summed E-state index contributed by atoms with van der Waals surface area (Å²) in [5.74, 6) is 0.434. The van der Waals surface area contributed by atoms with Crippen LogP contribution in [0.25, 0.3) is 0 Å². The molecule has 0 radical (unpaired) electrons. The van der Waals surface area contributed by atoms with E-state index in [9.17, 15) is 14.4 Å². The molecule has 0 fully saturated rings. The number of nitrogens with one attached hydrogen (secondary N) is 1. The van der Waals surface area contributed by atoms with Crippen LogP contribution in [0.5, 0.6) is 11.5 Å². The van der Waals surface area contributed by atoms with Gasteiger partial charge in [0.25, 0.3) is 0 Å². The largest absolute Gasteiger partial charge is 0.457 e. The molecular weight excluding hydrogens is 498 g/mol. The normalized spacial score (nSPS) is 10.4. The molecule has 176 valence electrons. The smallest absolute Gasteiger partial charge is 0.306 e. The second-order valence-electron chi connectivity index (χ2n) is 7.86. The van der Waals surface area contributed by atoms with Gasteiger partial charge in [0.1, 0.15) is 11.5 Å². The van der Waals surface area contributed by atoms with Gasteiger partial charge < -0.3 is 14.8 Å². The van der Waals surface area contributed by atoms with E-state index >= 15 is 0 Å². The number of amides is 1. The minimum Gasteiger partial charge on any atom is -0.457 e. The second-order valence-corrected chi connectivity index (χ2v) is 8.78. The summed E-state index contributed by atoms with van der Waals surface area (Å²) in [6, 6.07) is 19.8. The highest BCUT2D eigenvalue weighted by atomic mass is 79.9. The maximum atomic E-state index is 12.2. The fourth-order valence-corrected chi connectivity index (χ4v) is 3.34. The lowest BCUT2D eigenvalue weighted by Gasteiger charge is -2.09. The highest BCUT2D eigenvalue weighted by molar-refractivity contribution is 9.10. The van der Waals surface area contributed by atoms with Gasteiger partial charge in [-0.3, -0.25) is 14.4 Å². The lowest BCUT2D eigenvalue weighted by atomic mass is 10.1. The number of carbonyl (C=O) groups excluding carboxylic acids is 3. The van der Waals surface area contributed by atoms with Crippen molar-refractivity contribution in [2.24, 2.45) is 0 Å². The van der Waals surface area contributed by atoms with Gasteiger partial charge in [-0.1, -0.05) is 34.1 Å². The molecule has 34 heavy (non-hydrogen) atoms. The van der Waals surface area contributed by atoms with E-state index in [1.165, 1.54) is 5.56 Å². The lowest BCUT2D eigenvalue weighted by molar-refractivity contribution is -0.142.